The van der Waals surface area contributed by atoms with E-state index >= 15 is 0 Å². The lowest BCUT2D eigenvalue weighted by molar-refractivity contribution is 0.307. The Balaban J connectivity index is 1.78. The molecule has 0 saturated heterocycles. The highest BCUT2D eigenvalue weighted by Gasteiger charge is 2.01. The number of aromatic nitrogens is 2. The van der Waals surface area contributed by atoms with Gasteiger partial charge in [-0.2, -0.15) is 0 Å². The highest BCUT2D eigenvalue weighted by molar-refractivity contribution is 5.29. The third-order valence-electron chi connectivity index (χ3n) is 2.70. The van der Waals surface area contributed by atoms with E-state index in [1.54, 1.807) is 12.4 Å². The third-order valence-corrected chi connectivity index (χ3v) is 2.70. The van der Waals surface area contributed by atoms with Crippen LogP contribution >= 0.6 is 0 Å². The molecule has 0 fully saturated rings. The van der Waals surface area contributed by atoms with Crippen LogP contribution in [0, 0.1) is 0 Å². The lowest BCUT2D eigenvalue weighted by Crippen LogP contribution is -2.05. The molecule has 0 aliphatic heterocycles. The molecule has 4 nitrogen and oxygen atoms in total. The molecule has 2 rings (SSSR count). The molecule has 2 heterocycles. The van der Waals surface area contributed by atoms with Gasteiger partial charge in [0.1, 0.15) is 5.75 Å². The zero-order chi connectivity index (χ0) is 12.6. The quantitative estimate of drug-likeness (QED) is 0.788. The van der Waals surface area contributed by atoms with Gasteiger partial charge in [0.15, 0.2) is 0 Å². The van der Waals surface area contributed by atoms with E-state index < -0.39 is 0 Å². The maximum atomic E-state index is 5.71. The van der Waals surface area contributed by atoms with Crippen LogP contribution in [0.15, 0.2) is 43.0 Å². The standard InChI is InChI=1S/C14H17N3O/c15-10-13-11-17-8-5-14(13)18-9-1-2-12-3-6-16-7-4-12/h3-8,11H,1-2,9-10,15H2. The third kappa shape index (κ3) is 3.53. The summed E-state index contributed by atoms with van der Waals surface area (Å²) in [6, 6.07) is 5.91. The molecule has 18 heavy (non-hydrogen) atoms. The summed E-state index contributed by atoms with van der Waals surface area (Å²) in [5, 5.41) is 0. The van der Waals surface area contributed by atoms with E-state index in [9.17, 15) is 0 Å². The first-order chi connectivity index (χ1) is 8.90. The molecule has 0 aliphatic rings. The predicted octanol–water partition coefficient (Wildman–Crippen LogP) is 1.95. The Kier molecular flexibility index (Phi) is 4.67. The number of hydrogen-bond donors (Lipinski definition) is 1. The van der Waals surface area contributed by atoms with Crippen LogP contribution in [0.5, 0.6) is 5.75 Å². The average molecular weight is 243 g/mol. The number of hydrogen-bond acceptors (Lipinski definition) is 4. The van der Waals surface area contributed by atoms with Crippen molar-refractivity contribution in [2.24, 2.45) is 5.73 Å². The number of nitrogens with zero attached hydrogens (tertiary/aromatic N) is 2. The molecule has 0 aliphatic carbocycles. The monoisotopic (exact) mass is 243 g/mol. The van der Waals surface area contributed by atoms with Gasteiger partial charge >= 0.3 is 0 Å². The van der Waals surface area contributed by atoms with Gasteiger partial charge in [0, 0.05) is 36.9 Å². The molecule has 0 unspecified atom stereocenters. The minimum Gasteiger partial charge on any atom is -0.493 e. The number of pyridine rings is 2. The second-order valence-corrected chi connectivity index (χ2v) is 3.99. The zero-order valence-corrected chi connectivity index (χ0v) is 10.2. The smallest absolute Gasteiger partial charge is 0.126 e. The first-order valence-corrected chi connectivity index (χ1v) is 6.05. The minimum atomic E-state index is 0.452. The van der Waals surface area contributed by atoms with E-state index in [4.69, 9.17) is 10.5 Å². The van der Waals surface area contributed by atoms with Crippen LogP contribution in [0.4, 0.5) is 0 Å². The van der Waals surface area contributed by atoms with Crippen molar-refractivity contribution in [2.75, 3.05) is 6.61 Å². The average Bonchev–Trinajstić information content (AvgIpc) is 2.45. The molecule has 4 heteroatoms. The van der Waals surface area contributed by atoms with Crippen molar-refractivity contribution in [3.63, 3.8) is 0 Å². The van der Waals surface area contributed by atoms with Gasteiger partial charge in [0.2, 0.25) is 0 Å². The Morgan fingerprint density at radius 3 is 2.61 bits per heavy atom. The summed E-state index contributed by atoms with van der Waals surface area (Å²) in [4.78, 5) is 8.02. The fourth-order valence-corrected chi connectivity index (χ4v) is 1.72. The van der Waals surface area contributed by atoms with Crippen molar-refractivity contribution in [1.82, 2.24) is 9.97 Å². The largest absolute Gasteiger partial charge is 0.493 e. The highest BCUT2D eigenvalue weighted by atomic mass is 16.5. The van der Waals surface area contributed by atoms with Gasteiger partial charge in [-0.05, 0) is 36.6 Å². The zero-order valence-electron chi connectivity index (χ0n) is 10.2. The van der Waals surface area contributed by atoms with E-state index in [2.05, 4.69) is 9.97 Å². The van der Waals surface area contributed by atoms with Crippen molar-refractivity contribution in [2.45, 2.75) is 19.4 Å². The molecule has 94 valence electrons. The molecule has 0 spiro atoms. The van der Waals surface area contributed by atoms with Crippen LogP contribution in [-0.2, 0) is 13.0 Å². The second-order valence-electron chi connectivity index (χ2n) is 3.99. The van der Waals surface area contributed by atoms with Gasteiger partial charge in [0.25, 0.3) is 0 Å². The number of rotatable bonds is 6. The van der Waals surface area contributed by atoms with E-state index in [1.165, 1.54) is 5.56 Å². The number of aryl methyl sites for hydroxylation is 1. The van der Waals surface area contributed by atoms with Gasteiger partial charge in [-0.3, -0.25) is 9.97 Å². The molecular weight excluding hydrogens is 226 g/mol. The summed E-state index contributed by atoms with van der Waals surface area (Å²) in [6.07, 6.45) is 9.05. The molecule has 0 bridgehead atoms. The Morgan fingerprint density at radius 2 is 1.83 bits per heavy atom. The lowest BCUT2D eigenvalue weighted by atomic mass is 10.1. The molecule has 0 radical (unpaired) electrons. The van der Waals surface area contributed by atoms with Crippen LogP contribution in [0.1, 0.15) is 17.5 Å². The Morgan fingerprint density at radius 1 is 1.06 bits per heavy atom. The summed E-state index contributed by atoms with van der Waals surface area (Å²) < 4.78 is 5.71. The first-order valence-electron chi connectivity index (χ1n) is 6.05. The fourth-order valence-electron chi connectivity index (χ4n) is 1.72. The SMILES string of the molecule is NCc1cnccc1OCCCc1ccncc1. The van der Waals surface area contributed by atoms with Gasteiger partial charge in [-0.1, -0.05) is 0 Å². The molecule has 2 aromatic rings. The lowest BCUT2D eigenvalue weighted by Gasteiger charge is -2.09. The topological polar surface area (TPSA) is 61.0 Å². The van der Waals surface area contributed by atoms with Crippen molar-refractivity contribution in [1.29, 1.82) is 0 Å². The number of nitrogens with two attached hydrogens (primary N) is 1. The van der Waals surface area contributed by atoms with Gasteiger partial charge < -0.3 is 10.5 Å². The van der Waals surface area contributed by atoms with E-state index in [-0.39, 0.29) is 0 Å². The molecule has 0 aromatic carbocycles. The normalized spacial score (nSPS) is 10.3. The summed E-state index contributed by atoms with van der Waals surface area (Å²) >= 11 is 0. The van der Waals surface area contributed by atoms with E-state index in [0.29, 0.717) is 13.2 Å². The molecule has 0 amide bonds. The van der Waals surface area contributed by atoms with Gasteiger partial charge in [-0.15, -0.1) is 0 Å². The van der Waals surface area contributed by atoms with Gasteiger partial charge in [-0.25, -0.2) is 0 Å². The Hall–Kier alpha value is -1.94. The molecule has 2 N–H and O–H groups in total. The van der Waals surface area contributed by atoms with Crippen LogP contribution in [0.2, 0.25) is 0 Å². The van der Waals surface area contributed by atoms with Crippen LogP contribution in [0.3, 0.4) is 0 Å². The Labute approximate surface area is 107 Å². The molecule has 2 aromatic heterocycles. The van der Waals surface area contributed by atoms with Crippen LogP contribution in [-0.4, -0.2) is 16.6 Å². The molecular formula is C14H17N3O. The predicted molar refractivity (Wildman–Crippen MR) is 70.2 cm³/mol. The Bertz CT molecular complexity index is 473. The maximum absolute atomic E-state index is 5.71. The second kappa shape index (κ2) is 6.71. The van der Waals surface area contributed by atoms with E-state index in [1.807, 2.05) is 30.6 Å². The summed E-state index contributed by atoms with van der Waals surface area (Å²) in [5.41, 5.74) is 7.84. The first kappa shape index (κ1) is 12.5. The minimum absolute atomic E-state index is 0.452. The summed E-state index contributed by atoms with van der Waals surface area (Å²) in [7, 11) is 0. The van der Waals surface area contributed by atoms with Gasteiger partial charge in [0.05, 0.1) is 6.61 Å². The summed E-state index contributed by atoms with van der Waals surface area (Å²) in [6.45, 7) is 1.13. The van der Waals surface area contributed by atoms with Crippen molar-refractivity contribution < 1.29 is 4.74 Å². The van der Waals surface area contributed by atoms with E-state index in [0.717, 1.165) is 24.2 Å². The van der Waals surface area contributed by atoms with Crippen LogP contribution < -0.4 is 10.5 Å². The maximum Gasteiger partial charge on any atom is 0.126 e. The van der Waals surface area contributed by atoms with Crippen molar-refractivity contribution in [3.8, 4) is 5.75 Å². The van der Waals surface area contributed by atoms with Crippen molar-refractivity contribution >= 4 is 0 Å². The highest BCUT2D eigenvalue weighted by Crippen LogP contribution is 2.16. The fraction of sp³-hybridized carbons (Fsp3) is 0.286. The number of ether oxygens (including phenoxy) is 1. The molecule has 0 saturated carbocycles. The molecule has 0 atom stereocenters. The summed E-state index contributed by atoms with van der Waals surface area (Å²) in [5.74, 6) is 0.835. The van der Waals surface area contributed by atoms with Crippen LogP contribution in [0.25, 0.3) is 0 Å². The van der Waals surface area contributed by atoms with Crippen molar-refractivity contribution in [3.05, 3.63) is 54.1 Å².